The lowest BCUT2D eigenvalue weighted by molar-refractivity contribution is -0.144. The van der Waals surface area contributed by atoms with Gasteiger partial charge < -0.3 is 25.0 Å². The number of nitrogens with one attached hydrogen (secondary N) is 2. The van der Waals surface area contributed by atoms with Crippen LogP contribution in [0.15, 0.2) is 66.7 Å². The van der Waals surface area contributed by atoms with Gasteiger partial charge in [-0.25, -0.2) is 0 Å². The number of fused-ring (bicyclic) bond motifs is 1. The monoisotopic (exact) mass is 585 g/mol. The average molecular weight is 586 g/mol. The van der Waals surface area contributed by atoms with Crippen LogP contribution in [0.25, 0.3) is 0 Å². The lowest BCUT2D eigenvalue weighted by atomic mass is 9.73. The Morgan fingerprint density at radius 2 is 1.81 bits per heavy atom. The summed E-state index contributed by atoms with van der Waals surface area (Å²) >= 11 is 0. The van der Waals surface area contributed by atoms with Crippen molar-refractivity contribution in [3.63, 3.8) is 0 Å². The molecule has 1 saturated carbocycles. The van der Waals surface area contributed by atoms with Crippen LogP contribution in [-0.2, 0) is 25.5 Å². The second-order valence-electron chi connectivity index (χ2n) is 12.9. The number of hydrogen-bond acceptors (Lipinski definition) is 5. The molecule has 0 radical (unpaired) electrons. The summed E-state index contributed by atoms with van der Waals surface area (Å²) in [5.74, 6) is -0.639. The van der Waals surface area contributed by atoms with Crippen molar-refractivity contribution in [1.82, 2.24) is 10.2 Å². The molecule has 2 saturated heterocycles. The van der Waals surface area contributed by atoms with Gasteiger partial charge in [-0.3, -0.25) is 14.4 Å². The number of methoxy groups -OCH3 is 1. The van der Waals surface area contributed by atoms with E-state index in [1.807, 2.05) is 37.3 Å². The largest absolute Gasteiger partial charge is 0.497 e. The predicted molar refractivity (Wildman–Crippen MR) is 164 cm³/mol. The van der Waals surface area contributed by atoms with E-state index in [0.717, 1.165) is 25.7 Å². The molecule has 0 aromatic heterocycles. The van der Waals surface area contributed by atoms with E-state index < -0.39 is 29.6 Å². The van der Waals surface area contributed by atoms with Crippen LogP contribution in [-0.4, -0.2) is 59.6 Å². The van der Waals surface area contributed by atoms with Gasteiger partial charge in [0.1, 0.15) is 17.4 Å². The highest BCUT2D eigenvalue weighted by Crippen LogP contribution is 2.56. The first-order valence-corrected chi connectivity index (χ1v) is 15.7. The zero-order valence-corrected chi connectivity index (χ0v) is 25.5. The van der Waals surface area contributed by atoms with E-state index in [1.54, 1.807) is 36.3 Å². The van der Waals surface area contributed by atoms with Gasteiger partial charge in [0, 0.05) is 17.8 Å². The number of benzene rings is 2. The maximum absolute atomic E-state index is 14.4. The summed E-state index contributed by atoms with van der Waals surface area (Å²) in [5.41, 5.74) is 0.609. The molecular weight excluding hydrogens is 542 g/mol. The molecule has 8 heteroatoms. The van der Waals surface area contributed by atoms with Crippen LogP contribution in [0, 0.1) is 23.7 Å². The Morgan fingerprint density at radius 3 is 2.53 bits per heavy atom. The molecule has 43 heavy (non-hydrogen) atoms. The minimum atomic E-state index is -1.18. The molecule has 3 heterocycles. The number of amides is 3. The van der Waals surface area contributed by atoms with Crippen LogP contribution in [0.1, 0.15) is 52.0 Å². The van der Waals surface area contributed by atoms with Gasteiger partial charge in [0.2, 0.25) is 17.7 Å². The number of likely N-dealkylation sites (tertiary alicyclic amines) is 1. The fourth-order valence-electron chi connectivity index (χ4n) is 7.79. The third-order valence-corrected chi connectivity index (χ3v) is 10.4. The summed E-state index contributed by atoms with van der Waals surface area (Å²) in [4.78, 5) is 44.3. The van der Waals surface area contributed by atoms with Crippen molar-refractivity contribution in [1.29, 1.82) is 0 Å². The molecule has 3 aliphatic heterocycles. The minimum Gasteiger partial charge on any atom is -0.497 e. The molecule has 2 N–H and O–H groups in total. The van der Waals surface area contributed by atoms with E-state index in [2.05, 4.69) is 36.6 Å². The van der Waals surface area contributed by atoms with Gasteiger partial charge in [-0.15, -0.1) is 0 Å². The summed E-state index contributed by atoms with van der Waals surface area (Å²) in [6.07, 6.45) is 7.79. The van der Waals surface area contributed by atoms with Gasteiger partial charge in [0.25, 0.3) is 0 Å². The SMILES string of the molecule is COc1ccc(NC(=O)[C@@H]2[C@@H]3C=C[C@]4(O3)[C@@H]2C(=O)N([C@H](C)CCc2ccccc2)[C@H]4C(=O)N[C@@H]2CCC[C@H](C)[C@H]2C)cc1. The highest BCUT2D eigenvalue weighted by Gasteiger charge is 2.73. The van der Waals surface area contributed by atoms with Crippen LogP contribution in [0.3, 0.4) is 0 Å². The lowest BCUT2D eigenvalue weighted by Crippen LogP contribution is -2.59. The summed E-state index contributed by atoms with van der Waals surface area (Å²) < 4.78 is 11.8. The van der Waals surface area contributed by atoms with Crippen molar-refractivity contribution < 1.29 is 23.9 Å². The number of anilines is 1. The fourth-order valence-corrected chi connectivity index (χ4v) is 7.79. The molecule has 228 valence electrons. The second-order valence-corrected chi connectivity index (χ2v) is 12.9. The molecule has 6 rings (SSSR count). The molecule has 2 aromatic carbocycles. The predicted octanol–water partition coefficient (Wildman–Crippen LogP) is 4.75. The third-order valence-electron chi connectivity index (χ3n) is 10.4. The van der Waals surface area contributed by atoms with E-state index in [-0.39, 0.29) is 29.8 Å². The highest BCUT2D eigenvalue weighted by atomic mass is 16.5. The number of aryl methyl sites for hydroxylation is 1. The second kappa shape index (κ2) is 11.8. The Hall–Kier alpha value is -3.65. The zero-order valence-electron chi connectivity index (χ0n) is 25.5. The number of hydrogen-bond donors (Lipinski definition) is 2. The van der Waals surface area contributed by atoms with E-state index in [4.69, 9.17) is 9.47 Å². The molecule has 4 aliphatic rings. The van der Waals surface area contributed by atoms with E-state index in [0.29, 0.717) is 29.7 Å². The summed E-state index contributed by atoms with van der Waals surface area (Å²) in [6.45, 7) is 6.45. The van der Waals surface area contributed by atoms with Crippen molar-refractivity contribution in [2.45, 2.75) is 82.7 Å². The average Bonchev–Trinajstić information content (AvgIpc) is 3.66. The smallest absolute Gasteiger partial charge is 0.246 e. The van der Waals surface area contributed by atoms with Crippen LogP contribution in [0.4, 0.5) is 5.69 Å². The zero-order chi connectivity index (χ0) is 30.3. The molecule has 1 spiro atoms. The molecule has 2 bridgehead atoms. The van der Waals surface area contributed by atoms with Gasteiger partial charge in [-0.1, -0.05) is 69.2 Å². The van der Waals surface area contributed by atoms with E-state index >= 15 is 0 Å². The molecule has 3 fully saturated rings. The number of rotatable bonds is 9. The summed E-state index contributed by atoms with van der Waals surface area (Å²) in [7, 11) is 1.59. The molecule has 9 atom stereocenters. The first-order chi connectivity index (χ1) is 20.7. The standard InChI is InChI=1S/C35H43N3O5/c1-21-9-8-12-27(23(21)3)37-33(40)31-35-20-19-28(43-35)29(32(39)36-25-15-17-26(42-4)18-16-25)30(35)34(41)38(31)22(2)13-14-24-10-6-5-7-11-24/h5-7,10-11,15-23,27-31H,8-9,12-14H2,1-4H3,(H,36,39)(H,37,40)/t21-,22+,23+,27+,28-,29+,30-,31-,35-/m0/s1. The molecule has 0 unspecified atom stereocenters. The van der Waals surface area contributed by atoms with Crippen molar-refractivity contribution in [3.8, 4) is 5.75 Å². The first kappa shape index (κ1) is 29.4. The Kier molecular flexibility index (Phi) is 8.07. The summed E-state index contributed by atoms with van der Waals surface area (Å²) in [5, 5.41) is 6.33. The van der Waals surface area contributed by atoms with Gasteiger partial charge in [-0.05, 0) is 67.9 Å². The molecular formula is C35H43N3O5. The van der Waals surface area contributed by atoms with Crippen molar-refractivity contribution in [3.05, 3.63) is 72.3 Å². The fraction of sp³-hybridized carbons (Fsp3) is 0.514. The molecule has 8 nitrogen and oxygen atoms in total. The number of carbonyl (C=O) groups excluding carboxylic acids is 3. The number of nitrogens with zero attached hydrogens (tertiary/aromatic N) is 1. The lowest BCUT2D eigenvalue weighted by Gasteiger charge is -2.39. The topological polar surface area (TPSA) is 97.0 Å². The van der Waals surface area contributed by atoms with Gasteiger partial charge in [0.05, 0.1) is 25.0 Å². The highest BCUT2D eigenvalue weighted by molar-refractivity contribution is 6.03. The normalized spacial score (nSPS) is 33.3. The Bertz CT molecular complexity index is 1380. The summed E-state index contributed by atoms with van der Waals surface area (Å²) in [6, 6.07) is 16.2. The van der Waals surface area contributed by atoms with Crippen molar-refractivity contribution in [2.24, 2.45) is 23.7 Å². The Labute approximate surface area is 254 Å². The minimum absolute atomic E-state index is 0.0417. The van der Waals surface area contributed by atoms with Gasteiger partial charge in [-0.2, -0.15) is 0 Å². The maximum Gasteiger partial charge on any atom is 0.246 e. The van der Waals surface area contributed by atoms with Gasteiger partial charge in [0.15, 0.2) is 0 Å². The maximum atomic E-state index is 14.4. The number of ether oxygens (including phenoxy) is 2. The van der Waals surface area contributed by atoms with E-state index in [1.165, 1.54) is 5.56 Å². The Morgan fingerprint density at radius 1 is 1.07 bits per heavy atom. The quantitative estimate of drug-likeness (QED) is 0.414. The van der Waals surface area contributed by atoms with Crippen molar-refractivity contribution >= 4 is 23.4 Å². The Balaban J connectivity index is 1.29. The van der Waals surface area contributed by atoms with Gasteiger partial charge >= 0.3 is 0 Å². The van der Waals surface area contributed by atoms with Crippen LogP contribution in [0.2, 0.25) is 0 Å². The van der Waals surface area contributed by atoms with E-state index in [9.17, 15) is 14.4 Å². The number of carbonyl (C=O) groups is 3. The van der Waals surface area contributed by atoms with Crippen LogP contribution < -0.4 is 15.4 Å². The van der Waals surface area contributed by atoms with Crippen LogP contribution in [0.5, 0.6) is 5.75 Å². The van der Waals surface area contributed by atoms with Crippen molar-refractivity contribution in [2.75, 3.05) is 12.4 Å². The molecule has 2 aromatic rings. The third kappa shape index (κ3) is 5.24. The van der Waals surface area contributed by atoms with Crippen LogP contribution >= 0.6 is 0 Å². The molecule has 3 amide bonds. The first-order valence-electron chi connectivity index (χ1n) is 15.7. The molecule has 1 aliphatic carbocycles.